The van der Waals surface area contributed by atoms with Gasteiger partial charge in [-0.15, -0.1) is 0 Å². The number of aliphatic imine (C=N–C) groups is 1. The lowest BCUT2D eigenvalue weighted by Crippen LogP contribution is -2.12. The molecule has 0 heterocycles. The summed E-state index contributed by atoms with van der Waals surface area (Å²) >= 11 is 0. The number of nitrogens with zero attached hydrogens (tertiary/aromatic N) is 1. The molecule has 2 aromatic rings. The van der Waals surface area contributed by atoms with Crippen LogP contribution in [0.15, 0.2) is 59.6 Å². The van der Waals surface area contributed by atoms with Crippen LogP contribution in [0.3, 0.4) is 0 Å². The largest absolute Gasteiger partial charge is 0.383 e. The first-order chi connectivity index (χ1) is 8.29. The van der Waals surface area contributed by atoms with Gasteiger partial charge in [0, 0.05) is 5.56 Å². The lowest BCUT2D eigenvalue weighted by molar-refractivity contribution is 1.14. The summed E-state index contributed by atoms with van der Waals surface area (Å²) in [4.78, 5) is 4.40. The third-order valence-electron chi connectivity index (χ3n) is 2.66. The van der Waals surface area contributed by atoms with E-state index in [1.54, 1.807) is 0 Å². The molecule has 2 nitrogen and oxygen atoms in total. The van der Waals surface area contributed by atoms with Gasteiger partial charge in [-0.2, -0.15) is 0 Å². The van der Waals surface area contributed by atoms with Crippen molar-refractivity contribution < 1.29 is 0 Å². The smallest absolute Gasteiger partial charge is 0.131 e. The molecule has 86 valence electrons. The second-order valence-electron chi connectivity index (χ2n) is 3.88. The first-order valence-electron chi connectivity index (χ1n) is 5.78. The number of hydrogen-bond donors (Lipinski definition) is 1. The van der Waals surface area contributed by atoms with Crippen LogP contribution in [0.4, 0.5) is 5.69 Å². The highest BCUT2D eigenvalue weighted by atomic mass is 14.9. The van der Waals surface area contributed by atoms with Crippen LogP contribution in [-0.4, -0.2) is 5.84 Å². The predicted molar refractivity (Wildman–Crippen MR) is 72.6 cm³/mol. The van der Waals surface area contributed by atoms with Gasteiger partial charge in [0.05, 0.1) is 5.69 Å². The average molecular weight is 224 g/mol. The molecular formula is C15H16N2. The van der Waals surface area contributed by atoms with Crippen molar-refractivity contribution >= 4 is 11.5 Å². The molecule has 2 N–H and O–H groups in total. The van der Waals surface area contributed by atoms with Gasteiger partial charge in [-0.3, -0.25) is 0 Å². The third-order valence-corrected chi connectivity index (χ3v) is 2.66. The van der Waals surface area contributed by atoms with Gasteiger partial charge < -0.3 is 5.73 Å². The maximum Gasteiger partial charge on any atom is 0.131 e. The van der Waals surface area contributed by atoms with Crippen molar-refractivity contribution in [2.24, 2.45) is 10.7 Å². The van der Waals surface area contributed by atoms with Crippen molar-refractivity contribution in [2.75, 3.05) is 0 Å². The van der Waals surface area contributed by atoms with Crippen molar-refractivity contribution in [3.05, 3.63) is 65.7 Å². The zero-order valence-electron chi connectivity index (χ0n) is 9.93. The average Bonchev–Trinajstić information content (AvgIpc) is 2.40. The Balaban J connectivity index is 2.23. The quantitative estimate of drug-likeness (QED) is 0.630. The Morgan fingerprint density at radius 3 is 2.24 bits per heavy atom. The van der Waals surface area contributed by atoms with Crippen LogP contribution >= 0.6 is 0 Å². The summed E-state index contributed by atoms with van der Waals surface area (Å²) in [5.74, 6) is 0.551. The Morgan fingerprint density at radius 2 is 1.65 bits per heavy atom. The third kappa shape index (κ3) is 2.94. The number of benzene rings is 2. The second kappa shape index (κ2) is 5.30. The van der Waals surface area contributed by atoms with E-state index in [9.17, 15) is 0 Å². The zero-order valence-corrected chi connectivity index (χ0v) is 9.93. The fraction of sp³-hybridized carbons (Fsp3) is 0.133. The lowest BCUT2D eigenvalue weighted by Gasteiger charge is -2.01. The normalized spacial score (nSPS) is 11.5. The Morgan fingerprint density at radius 1 is 1.00 bits per heavy atom. The molecule has 2 heteroatoms. The molecule has 0 saturated heterocycles. The number of rotatable bonds is 3. The first kappa shape index (κ1) is 11.4. The fourth-order valence-electron chi connectivity index (χ4n) is 1.62. The van der Waals surface area contributed by atoms with E-state index >= 15 is 0 Å². The Labute approximate surface area is 102 Å². The molecule has 0 atom stereocenters. The van der Waals surface area contributed by atoms with E-state index in [0.29, 0.717) is 5.84 Å². The number of nitrogens with two attached hydrogens (primary N) is 1. The maximum absolute atomic E-state index is 5.95. The van der Waals surface area contributed by atoms with E-state index in [1.165, 1.54) is 5.56 Å². The minimum Gasteiger partial charge on any atom is -0.383 e. The van der Waals surface area contributed by atoms with Crippen LogP contribution in [0, 0.1) is 0 Å². The van der Waals surface area contributed by atoms with Crippen LogP contribution in [0.1, 0.15) is 18.1 Å². The standard InChI is InChI=1S/C15H16N2/c1-2-12-8-10-14(11-9-12)17-15(16)13-6-4-3-5-7-13/h3-11H,2H2,1H3,(H2,16,17). The number of hydrogen-bond acceptors (Lipinski definition) is 1. The summed E-state index contributed by atoms with van der Waals surface area (Å²) in [6.45, 7) is 2.14. The molecule has 0 radical (unpaired) electrons. The van der Waals surface area contributed by atoms with Crippen LogP contribution in [0.25, 0.3) is 0 Å². The van der Waals surface area contributed by atoms with Crippen LogP contribution < -0.4 is 5.73 Å². The molecule has 0 spiro atoms. The molecule has 0 amide bonds. The molecule has 0 fully saturated rings. The number of aryl methyl sites for hydroxylation is 1. The van der Waals surface area contributed by atoms with Crippen molar-refractivity contribution in [1.29, 1.82) is 0 Å². The molecule has 0 saturated carbocycles. The molecule has 2 rings (SSSR count). The van der Waals surface area contributed by atoms with Crippen LogP contribution in [-0.2, 0) is 6.42 Å². The second-order valence-corrected chi connectivity index (χ2v) is 3.88. The van der Waals surface area contributed by atoms with Gasteiger partial charge in [0.25, 0.3) is 0 Å². The summed E-state index contributed by atoms with van der Waals surface area (Å²) in [6, 6.07) is 17.9. The first-order valence-corrected chi connectivity index (χ1v) is 5.78. The predicted octanol–water partition coefficient (Wildman–Crippen LogP) is 3.29. The number of amidine groups is 1. The Kier molecular flexibility index (Phi) is 3.55. The lowest BCUT2D eigenvalue weighted by atomic mass is 10.1. The highest BCUT2D eigenvalue weighted by Crippen LogP contribution is 2.14. The molecule has 0 unspecified atom stereocenters. The van der Waals surface area contributed by atoms with E-state index in [1.807, 2.05) is 42.5 Å². The minimum atomic E-state index is 0.551. The van der Waals surface area contributed by atoms with E-state index in [-0.39, 0.29) is 0 Å². The summed E-state index contributed by atoms with van der Waals surface area (Å²) in [5.41, 5.74) is 9.10. The Bertz CT molecular complexity index is 498. The van der Waals surface area contributed by atoms with Gasteiger partial charge in [-0.1, -0.05) is 49.4 Å². The van der Waals surface area contributed by atoms with E-state index in [4.69, 9.17) is 5.73 Å². The topological polar surface area (TPSA) is 38.4 Å². The van der Waals surface area contributed by atoms with Crippen molar-refractivity contribution in [2.45, 2.75) is 13.3 Å². The summed E-state index contributed by atoms with van der Waals surface area (Å²) < 4.78 is 0. The van der Waals surface area contributed by atoms with Gasteiger partial charge >= 0.3 is 0 Å². The molecule has 0 aliphatic carbocycles. The van der Waals surface area contributed by atoms with Crippen LogP contribution in [0.5, 0.6) is 0 Å². The maximum atomic E-state index is 5.95. The fourth-order valence-corrected chi connectivity index (χ4v) is 1.62. The zero-order chi connectivity index (χ0) is 12.1. The van der Waals surface area contributed by atoms with Crippen LogP contribution in [0.2, 0.25) is 0 Å². The van der Waals surface area contributed by atoms with Gasteiger partial charge in [0.15, 0.2) is 0 Å². The highest BCUT2D eigenvalue weighted by molar-refractivity contribution is 5.98. The van der Waals surface area contributed by atoms with E-state index < -0.39 is 0 Å². The van der Waals surface area contributed by atoms with Crippen molar-refractivity contribution in [3.8, 4) is 0 Å². The van der Waals surface area contributed by atoms with Gasteiger partial charge in [-0.05, 0) is 24.1 Å². The van der Waals surface area contributed by atoms with Crippen molar-refractivity contribution in [1.82, 2.24) is 0 Å². The Hall–Kier alpha value is -2.09. The van der Waals surface area contributed by atoms with Crippen molar-refractivity contribution in [3.63, 3.8) is 0 Å². The molecule has 0 aliphatic heterocycles. The molecular weight excluding hydrogens is 208 g/mol. The van der Waals surface area contributed by atoms with E-state index in [2.05, 4.69) is 24.0 Å². The molecule has 0 aromatic heterocycles. The minimum absolute atomic E-state index is 0.551. The SMILES string of the molecule is CCc1ccc(N=C(N)c2ccccc2)cc1. The van der Waals surface area contributed by atoms with E-state index in [0.717, 1.165) is 17.7 Å². The van der Waals surface area contributed by atoms with Gasteiger partial charge in [0.2, 0.25) is 0 Å². The summed E-state index contributed by atoms with van der Waals surface area (Å²) in [5, 5.41) is 0. The molecule has 0 bridgehead atoms. The summed E-state index contributed by atoms with van der Waals surface area (Å²) in [7, 11) is 0. The highest BCUT2D eigenvalue weighted by Gasteiger charge is 1.97. The molecule has 17 heavy (non-hydrogen) atoms. The summed E-state index contributed by atoms with van der Waals surface area (Å²) in [6.07, 6.45) is 1.04. The molecule has 0 aliphatic rings. The monoisotopic (exact) mass is 224 g/mol. The van der Waals surface area contributed by atoms with Gasteiger partial charge in [-0.25, -0.2) is 4.99 Å². The van der Waals surface area contributed by atoms with Gasteiger partial charge in [0.1, 0.15) is 5.84 Å². The molecule has 2 aromatic carbocycles.